The molecule has 0 amide bonds. The Kier molecular flexibility index (Phi) is 6.14. The molecular weight excluding hydrogens is 460 g/mol. The summed E-state index contributed by atoms with van der Waals surface area (Å²) in [5.41, 5.74) is 3.95. The van der Waals surface area contributed by atoms with Gasteiger partial charge in [0, 0.05) is 27.3 Å². The lowest BCUT2D eigenvalue weighted by atomic mass is 9.85. The van der Waals surface area contributed by atoms with Gasteiger partial charge in [0.1, 0.15) is 0 Å². The number of hydrogen-bond donors (Lipinski definition) is 0. The Morgan fingerprint density at radius 1 is 0.486 bits per heavy atom. The number of halogens is 1. The van der Waals surface area contributed by atoms with Crippen molar-refractivity contribution in [3.8, 4) is 45.3 Å². The lowest BCUT2D eigenvalue weighted by Crippen LogP contribution is -1.97. The van der Waals surface area contributed by atoms with Gasteiger partial charge in [-0.3, -0.25) is 0 Å². The number of para-hydroxylation sites is 2. The van der Waals surface area contributed by atoms with E-state index in [1.807, 2.05) is 48.5 Å². The molecule has 0 saturated heterocycles. The summed E-state index contributed by atoms with van der Waals surface area (Å²) >= 11 is 6.57. The third-order valence-electron chi connectivity index (χ3n) is 6.33. The van der Waals surface area contributed by atoms with Crippen LogP contribution in [0.4, 0.5) is 0 Å². The predicted octanol–water partition coefficient (Wildman–Crippen LogP) is 8.01. The van der Waals surface area contributed by atoms with Gasteiger partial charge >= 0.3 is 0 Å². The Morgan fingerprint density at radius 3 is 1.46 bits per heavy atom. The van der Waals surface area contributed by atoms with Crippen LogP contribution in [-0.2, 0) is 0 Å². The molecule has 5 aromatic rings. The summed E-state index contributed by atoms with van der Waals surface area (Å²) in [4.78, 5) is 0. The molecule has 0 unspecified atom stereocenters. The molecule has 5 heteroatoms. The highest BCUT2D eigenvalue weighted by molar-refractivity contribution is 6.32. The fourth-order valence-corrected chi connectivity index (χ4v) is 5.07. The van der Waals surface area contributed by atoms with Crippen LogP contribution in [0.1, 0.15) is 0 Å². The van der Waals surface area contributed by atoms with Crippen LogP contribution < -0.4 is 18.9 Å². The summed E-state index contributed by atoms with van der Waals surface area (Å²) in [5, 5.41) is 4.84. The van der Waals surface area contributed by atoms with Crippen molar-refractivity contribution in [2.45, 2.75) is 0 Å². The first-order chi connectivity index (χ1) is 17.1. The van der Waals surface area contributed by atoms with E-state index < -0.39 is 0 Å². The van der Waals surface area contributed by atoms with Crippen LogP contribution in [0.15, 0.2) is 78.9 Å². The van der Waals surface area contributed by atoms with E-state index in [0.29, 0.717) is 28.0 Å². The van der Waals surface area contributed by atoms with Crippen molar-refractivity contribution in [2.24, 2.45) is 0 Å². The molecule has 5 aromatic carbocycles. The molecule has 0 saturated carbocycles. The number of methoxy groups -OCH3 is 4. The zero-order chi connectivity index (χ0) is 24.5. The minimum absolute atomic E-state index is 0.652. The van der Waals surface area contributed by atoms with Crippen LogP contribution in [0.5, 0.6) is 23.0 Å². The van der Waals surface area contributed by atoms with Crippen LogP contribution in [0, 0.1) is 0 Å². The van der Waals surface area contributed by atoms with E-state index in [-0.39, 0.29) is 0 Å². The molecule has 0 aliphatic rings. The molecule has 0 heterocycles. The van der Waals surface area contributed by atoms with E-state index in [4.69, 9.17) is 30.5 Å². The Morgan fingerprint density at radius 2 is 0.971 bits per heavy atom. The second-order valence-corrected chi connectivity index (χ2v) is 8.50. The number of fused-ring (bicyclic) bond motifs is 2. The fraction of sp³-hybridized carbons (Fsp3) is 0.133. The van der Waals surface area contributed by atoms with Crippen LogP contribution in [0.2, 0.25) is 5.02 Å². The Hall–Kier alpha value is -3.89. The molecule has 0 radical (unpaired) electrons. The molecule has 0 N–H and O–H groups in total. The fourth-order valence-electron chi connectivity index (χ4n) is 4.90. The van der Waals surface area contributed by atoms with Gasteiger partial charge in [0.05, 0.1) is 28.4 Å². The summed E-state index contributed by atoms with van der Waals surface area (Å²) in [5.74, 6) is 2.70. The highest BCUT2D eigenvalue weighted by Gasteiger charge is 2.23. The maximum atomic E-state index is 6.57. The molecule has 0 spiro atoms. The number of rotatable bonds is 6. The zero-order valence-electron chi connectivity index (χ0n) is 20.0. The monoisotopic (exact) mass is 484 g/mol. The minimum Gasteiger partial charge on any atom is -0.493 e. The van der Waals surface area contributed by atoms with Gasteiger partial charge in [-0.15, -0.1) is 0 Å². The second-order valence-electron chi connectivity index (χ2n) is 8.07. The first-order valence-corrected chi connectivity index (χ1v) is 11.6. The van der Waals surface area contributed by atoms with Gasteiger partial charge in [-0.25, -0.2) is 0 Å². The first kappa shape index (κ1) is 22.9. The maximum Gasteiger partial charge on any atom is 0.168 e. The molecule has 0 aromatic heterocycles. The maximum absolute atomic E-state index is 6.57. The van der Waals surface area contributed by atoms with E-state index in [1.165, 1.54) is 0 Å². The van der Waals surface area contributed by atoms with Crippen LogP contribution in [0.3, 0.4) is 0 Å². The summed E-state index contributed by atoms with van der Waals surface area (Å²) < 4.78 is 22.9. The van der Waals surface area contributed by atoms with Gasteiger partial charge in [0.25, 0.3) is 0 Å². The standard InChI is InChI=1S/C30H25ClO4/c1-32-25-13-7-11-22(29(25)34-3)27-19-9-5-6-10-20(19)28(24-17-18(31)15-16-21(24)27)23-12-8-14-26(33-2)30(23)35-4/h5-17H,1-4H3. The van der Waals surface area contributed by atoms with E-state index in [1.54, 1.807) is 28.4 Å². The van der Waals surface area contributed by atoms with E-state index >= 15 is 0 Å². The van der Waals surface area contributed by atoms with Crippen molar-refractivity contribution >= 4 is 33.1 Å². The van der Waals surface area contributed by atoms with E-state index in [9.17, 15) is 0 Å². The number of ether oxygens (including phenoxy) is 4. The molecular formula is C30H25ClO4. The molecule has 5 rings (SSSR count). The molecule has 176 valence electrons. The Balaban J connectivity index is 2.01. The number of hydrogen-bond acceptors (Lipinski definition) is 4. The van der Waals surface area contributed by atoms with Gasteiger partial charge in [0.15, 0.2) is 23.0 Å². The van der Waals surface area contributed by atoms with Gasteiger partial charge in [0.2, 0.25) is 0 Å². The highest BCUT2D eigenvalue weighted by Crippen LogP contribution is 2.50. The summed E-state index contributed by atoms with van der Waals surface area (Å²) in [6, 6.07) is 26.2. The largest absolute Gasteiger partial charge is 0.493 e. The van der Waals surface area contributed by atoms with Gasteiger partial charge in [-0.2, -0.15) is 0 Å². The average molecular weight is 485 g/mol. The zero-order valence-corrected chi connectivity index (χ0v) is 20.8. The van der Waals surface area contributed by atoms with Crippen molar-refractivity contribution < 1.29 is 18.9 Å². The third kappa shape index (κ3) is 3.71. The van der Waals surface area contributed by atoms with Crippen molar-refractivity contribution in [2.75, 3.05) is 28.4 Å². The van der Waals surface area contributed by atoms with Crippen molar-refractivity contribution in [1.82, 2.24) is 0 Å². The molecule has 0 bridgehead atoms. The van der Waals surface area contributed by atoms with Gasteiger partial charge < -0.3 is 18.9 Å². The summed E-state index contributed by atoms with van der Waals surface area (Å²) in [7, 11) is 6.62. The molecule has 0 aliphatic carbocycles. The van der Waals surface area contributed by atoms with Crippen LogP contribution in [-0.4, -0.2) is 28.4 Å². The molecule has 4 nitrogen and oxygen atoms in total. The topological polar surface area (TPSA) is 36.9 Å². The van der Waals surface area contributed by atoms with Crippen molar-refractivity contribution in [3.05, 3.63) is 83.9 Å². The van der Waals surface area contributed by atoms with E-state index in [0.717, 1.165) is 43.8 Å². The molecule has 35 heavy (non-hydrogen) atoms. The summed E-state index contributed by atoms with van der Waals surface area (Å²) in [6.45, 7) is 0. The lowest BCUT2D eigenvalue weighted by Gasteiger charge is -2.21. The number of benzene rings is 5. The Bertz CT molecular complexity index is 1560. The normalized spacial score (nSPS) is 11.0. The quantitative estimate of drug-likeness (QED) is 0.229. The summed E-state index contributed by atoms with van der Waals surface area (Å²) in [6.07, 6.45) is 0. The molecule has 0 fully saturated rings. The third-order valence-corrected chi connectivity index (χ3v) is 6.57. The van der Waals surface area contributed by atoms with Gasteiger partial charge in [-0.05, 0) is 45.8 Å². The van der Waals surface area contributed by atoms with Crippen LogP contribution >= 0.6 is 11.6 Å². The smallest absolute Gasteiger partial charge is 0.168 e. The predicted molar refractivity (Wildman–Crippen MR) is 144 cm³/mol. The second kappa shape index (κ2) is 9.40. The minimum atomic E-state index is 0.652. The lowest BCUT2D eigenvalue weighted by molar-refractivity contribution is 0.356. The molecule has 0 aliphatic heterocycles. The van der Waals surface area contributed by atoms with Crippen molar-refractivity contribution in [1.29, 1.82) is 0 Å². The molecule has 0 atom stereocenters. The van der Waals surface area contributed by atoms with Gasteiger partial charge in [-0.1, -0.05) is 66.2 Å². The SMILES string of the molecule is COc1cccc(-c2c3ccccc3c(-c3cccc(OC)c3OC)c3cc(Cl)ccc23)c1OC. The van der Waals surface area contributed by atoms with Crippen molar-refractivity contribution in [3.63, 3.8) is 0 Å². The highest BCUT2D eigenvalue weighted by atomic mass is 35.5. The average Bonchev–Trinajstić information content (AvgIpc) is 2.90. The Labute approximate surface area is 209 Å². The first-order valence-electron chi connectivity index (χ1n) is 11.2. The van der Waals surface area contributed by atoms with Crippen LogP contribution in [0.25, 0.3) is 43.8 Å². The van der Waals surface area contributed by atoms with E-state index in [2.05, 4.69) is 30.3 Å².